The molecule has 3 unspecified atom stereocenters. The highest BCUT2D eigenvalue weighted by Gasteiger charge is 2.29. The second kappa shape index (κ2) is 8.05. The lowest BCUT2D eigenvalue weighted by atomic mass is 9.75. The minimum Gasteiger partial charge on any atom is -0.310 e. The van der Waals surface area contributed by atoms with Crippen molar-refractivity contribution in [1.29, 1.82) is 0 Å². The Balaban J connectivity index is 2.16. The van der Waals surface area contributed by atoms with Crippen LogP contribution in [0.4, 0.5) is 0 Å². The topological polar surface area (TPSA) is 12.0 Å². The van der Waals surface area contributed by atoms with Gasteiger partial charge in [0.05, 0.1) is 0 Å². The Morgan fingerprint density at radius 2 is 2.05 bits per heavy atom. The molecule has 1 aromatic carbocycles. The van der Waals surface area contributed by atoms with Gasteiger partial charge in [-0.2, -0.15) is 0 Å². The summed E-state index contributed by atoms with van der Waals surface area (Å²) in [5.74, 6) is 1.64. The van der Waals surface area contributed by atoms with Gasteiger partial charge < -0.3 is 5.32 Å². The van der Waals surface area contributed by atoms with E-state index in [1.54, 1.807) is 0 Å². The normalized spacial score (nSPS) is 24.6. The highest BCUT2D eigenvalue weighted by atomic mass is 35.5. The van der Waals surface area contributed by atoms with Crippen molar-refractivity contribution in [2.75, 3.05) is 6.54 Å². The SMILES string of the molecule is CCCNC(c1ccccc1Cl)C1CCCC(CC)C1. The molecule has 0 radical (unpaired) electrons. The molecule has 2 rings (SSSR count). The van der Waals surface area contributed by atoms with E-state index in [0.717, 1.165) is 23.4 Å². The van der Waals surface area contributed by atoms with Gasteiger partial charge in [0.2, 0.25) is 0 Å². The van der Waals surface area contributed by atoms with Gasteiger partial charge in [0, 0.05) is 11.1 Å². The van der Waals surface area contributed by atoms with Gasteiger partial charge in [-0.05, 0) is 49.3 Å². The summed E-state index contributed by atoms with van der Waals surface area (Å²) in [6.07, 6.45) is 7.96. The van der Waals surface area contributed by atoms with Crippen LogP contribution in [0.25, 0.3) is 0 Å². The van der Waals surface area contributed by atoms with Crippen LogP contribution in [0.2, 0.25) is 5.02 Å². The minimum atomic E-state index is 0.429. The molecular formula is C18H28ClN. The van der Waals surface area contributed by atoms with E-state index in [9.17, 15) is 0 Å². The summed E-state index contributed by atoms with van der Waals surface area (Å²) in [7, 11) is 0. The first kappa shape index (κ1) is 15.9. The van der Waals surface area contributed by atoms with Gasteiger partial charge in [0.1, 0.15) is 0 Å². The highest BCUT2D eigenvalue weighted by Crippen LogP contribution is 2.40. The Bertz CT molecular complexity index is 404. The molecule has 1 N–H and O–H groups in total. The van der Waals surface area contributed by atoms with Crippen LogP contribution in [0, 0.1) is 11.8 Å². The molecule has 1 aliphatic rings. The van der Waals surface area contributed by atoms with Gasteiger partial charge in [-0.3, -0.25) is 0 Å². The van der Waals surface area contributed by atoms with Gasteiger partial charge in [0.15, 0.2) is 0 Å². The Labute approximate surface area is 129 Å². The first-order valence-corrected chi connectivity index (χ1v) is 8.61. The zero-order valence-corrected chi connectivity index (χ0v) is 13.6. The van der Waals surface area contributed by atoms with Crippen LogP contribution < -0.4 is 5.32 Å². The Kier molecular flexibility index (Phi) is 6.38. The van der Waals surface area contributed by atoms with Crippen molar-refractivity contribution in [3.05, 3.63) is 34.9 Å². The molecule has 0 aliphatic heterocycles. The van der Waals surface area contributed by atoms with E-state index in [0.29, 0.717) is 6.04 Å². The number of rotatable bonds is 6. The van der Waals surface area contributed by atoms with Crippen LogP contribution in [-0.2, 0) is 0 Å². The largest absolute Gasteiger partial charge is 0.310 e. The summed E-state index contributed by atoms with van der Waals surface area (Å²) >= 11 is 6.45. The quantitative estimate of drug-likeness (QED) is 0.720. The molecule has 2 heteroatoms. The Morgan fingerprint density at radius 3 is 2.75 bits per heavy atom. The minimum absolute atomic E-state index is 0.429. The third-order valence-corrected chi connectivity index (χ3v) is 5.07. The standard InChI is InChI=1S/C18H28ClN/c1-3-12-20-18(16-10-5-6-11-17(16)19)15-9-7-8-14(4-2)13-15/h5-6,10-11,14-15,18,20H,3-4,7-9,12-13H2,1-2H3. The molecule has 1 aromatic rings. The molecule has 0 amide bonds. The van der Waals surface area contributed by atoms with Crippen LogP contribution in [0.15, 0.2) is 24.3 Å². The Hall–Kier alpha value is -0.530. The van der Waals surface area contributed by atoms with Crippen molar-refractivity contribution >= 4 is 11.6 Å². The molecule has 0 heterocycles. The van der Waals surface area contributed by atoms with Crippen LogP contribution in [-0.4, -0.2) is 6.54 Å². The number of halogens is 1. The van der Waals surface area contributed by atoms with Gasteiger partial charge in [0.25, 0.3) is 0 Å². The summed E-state index contributed by atoms with van der Waals surface area (Å²) in [5.41, 5.74) is 1.30. The fraction of sp³-hybridized carbons (Fsp3) is 0.667. The molecule has 1 nitrogen and oxygen atoms in total. The molecular weight excluding hydrogens is 266 g/mol. The monoisotopic (exact) mass is 293 g/mol. The van der Waals surface area contributed by atoms with E-state index in [1.165, 1.54) is 44.1 Å². The molecule has 3 atom stereocenters. The first-order valence-electron chi connectivity index (χ1n) is 8.24. The van der Waals surface area contributed by atoms with E-state index in [2.05, 4.69) is 31.3 Å². The van der Waals surface area contributed by atoms with E-state index < -0.39 is 0 Å². The number of benzene rings is 1. The third-order valence-electron chi connectivity index (χ3n) is 4.73. The molecule has 0 aromatic heterocycles. The van der Waals surface area contributed by atoms with Crippen LogP contribution >= 0.6 is 11.6 Å². The zero-order valence-electron chi connectivity index (χ0n) is 12.9. The molecule has 20 heavy (non-hydrogen) atoms. The maximum Gasteiger partial charge on any atom is 0.0453 e. The van der Waals surface area contributed by atoms with Crippen molar-refractivity contribution in [2.45, 2.75) is 58.4 Å². The second-order valence-corrected chi connectivity index (χ2v) is 6.56. The van der Waals surface area contributed by atoms with Gasteiger partial charge in [-0.1, -0.05) is 62.9 Å². The maximum atomic E-state index is 6.45. The fourth-order valence-corrected chi connectivity index (χ4v) is 3.82. The molecule has 1 aliphatic carbocycles. The molecule has 0 saturated heterocycles. The van der Waals surface area contributed by atoms with Gasteiger partial charge >= 0.3 is 0 Å². The third kappa shape index (κ3) is 3.99. The van der Waals surface area contributed by atoms with Crippen molar-refractivity contribution in [3.8, 4) is 0 Å². The molecule has 112 valence electrons. The van der Waals surface area contributed by atoms with E-state index in [1.807, 2.05) is 12.1 Å². The summed E-state index contributed by atoms with van der Waals surface area (Å²) in [6, 6.07) is 8.79. The van der Waals surface area contributed by atoms with Crippen LogP contribution in [0.5, 0.6) is 0 Å². The molecule has 1 fully saturated rings. The van der Waals surface area contributed by atoms with Crippen LogP contribution in [0.1, 0.15) is 64.0 Å². The predicted molar refractivity (Wildman–Crippen MR) is 88.2 cm³/mol. The molecule has 1 saturated carbocycles. The van der Waals surface area contributed by atoms with E-state index >= 15 is 0 Å². The van der Waals surface area contributed by atoms with Crippen LogP contribution in [0.3, 0.4) is 0 Å². The first-order chi connectivity index (χ1) is 9.76. The average molecular weight is 294 g/mol. The lowest BCUT2D eigenvalue weighted by Gasteiger charge is -2.35. The summed E-state index contributed by atoms with van der Waals surface area (Å²) in [6.45, 7) is 5.63. The lowest BCUT2D eigenvalue weighted by molar-refractivity contribution is 0.209. The zero-order chi connectivity index (χ0) is 14.4. The highest BCUT2D eigenvalue weighted by molar-refractivity contribution is 6.31. The number of hydrogen-bond donors (Lipinski definition) is 1. The second-order valence-electron chi connectivity index (χ2n) is 6.15. The van der Waals surface area contributed by atoms with Crippen molar-refractivity contribution in [2.24, 2.45) is 11.8 Å². The summed E-state index contributed by atoms with van der Waals surface area (Å²) < 4.78 is 0. The lowest BCUT2D eigenvalue weighted by Crippen LogP contribution is -2.32. The number of hydrogen-bond acceptors (Lipinski definition) is 1. The number of nitrogens with one attached hydrogen (secondary N) is 1. The van der Waals surface area contributed by atoms with Crippen molar-refractivity contribution in [3.63, 3.8) is 0 Å². The molecule has 0 bridgehead atoms. The Morgan fingerprint density at radius 1 is 1.25 bits per heavy atom. The molecule has 0 spiro atoms. The average Bonchev–Trinajstić information content (AvgIpc) is 2.49. The van der Waals surface area contributed by atoms with Crippen molar-refractivity contribution < 1.29 is 0 Å². The van der Waals surface area contributed by atoms with Gasteiger partial charge in [-0.25, -0.2) is 0 Å². The fourth-order valence-electron chi connectivity index (χ4n) is 3.56. The predicted octanol–water partition coefficient (Wildman–Crippen LogP) is 5.60. The van der Waals surface area contributed by atoms with Gasteiger partial charge in [-0.15, -0.1) is 0 Å². The smallest absolute Gasteiger partial charge is 0.0453 e. The van der Waals surface area contributed by atoms with E-state index in [4.69, 9.17) is 11.6 Å². The van der Waals surface area contributed by atoms with Crippen molar-refractivity contribution in [1.82, 2.24) is 5.32 Å². The summed E-state index contributed by atoms with van der Waals surface area (Å²) in [4.78, 5) is 0. The maximum absolute atomic E-state index is 6.45. The summed E-state index contributed by atoms with van der Waals surface area (Å²) in [5, 5.41) is 4.67. The van der Waals surface area contributed by atoms with E-state index in [-0.39, 0.29) is 0 Å².